The van der Waals surface area contributed by atoms with Gasteiger partial charge in [-0.3, -0.25) is 9.59 Å². The van der Waals surface area contributed by atoms with E-state index in [0.717, 1.165) is 28.2 Å². The summed E-state index contributed by atoms with van der Waals surface area (Å²) in [5.74, 6) is -4.08. The second-order valence-corrected chi connectivity index (χ2v) is 12.1. The molecule has 1 N–H and O–H groups in total. The summed E-state index contributed by atoms with van der Waals surface area (Å²) in [6.45, 7) is 0.654. The first-order valence-electron chi connectivity index (χ1n) is 11.5. The van der Waals surface area contributed by atoms with Crippen LogP contribution in [-0.2, 0) is 35.4 Å². The molecule has 0 aliphatic heterocycles. The topological polar surface area (TPSA) is 146 Å². The molecule has 0 aliphatic carbocycles. The molecule has 0 saturated heterocycles. The second-order valence-electron chi connectivity index (χ2n) is 8.19. The molecule has 0 unspecified atom stereocenters. The van der Waals surface area contributed by atoms with Gasteiger partial charge in [-0.25, -0.2) is 18.2 Å². The number of thiazole rings is 2. The van der Waals surface area contributed by atoms with E-state index in [1.807, 2.05) is 30.3 Å². The number of methoxy groups -OCH3 is 2. The molecule has 39 heavy (non-hydrogen) atoms. The van der Waals surface area contributed by atoms with Gasteiger partial charge < -0.3 is 19.4 Å². The number of hydrogen-bond donors (Lipinski definition) is 1. The van der Waals surface area contributed by atoms with Gasteiger partial charge in [0.2, 0.25) is 5.91 Å². The molecule has 0 spiro atoms. The Morgan fingerprint density at radius 1 is 1.08 bits per heavy atom. The monoisotopic (exact) mass is 588 g/mol. The van der Waals surface area contributed by atoms with E-state index < -0.39 is 39.1 Å². The molecule has 0 radical (unpaired) electrons. The Hall–Kier alpha value is -3.72. The molecule has 204 valence electrons. The first-order valence-corrected chi connectivity index (χ1v) is 15.0. The SMILES string of the molecule is COCCn1c(=NC(=O)CS(=O)(=O)CC(=O)Nc2nc(-c3ccccc3)cs2)sc2cc(C(=O)OC)ccc21. The Morgan fingerprint density at radius 3 is 2.56 bits per heavy atom. The third-order valence-electron chi connectivity index (χ3n) is 5.36. The predicted octanol–water partition coefficient (Wildman–Crippen LogP) is 2.74. The Labute approximate surface area is 231 Å². The minimum absolute atomic E-state index is 0.241. The molecular weight excluding hydrogens is 564 g/mol. The number of sulfone groups is 1. The van der Waals surface area contributed by atoms with Gasteiger partial charge in [-0.15, -0.1) is 11.3 Å². The molecule has 0 aliphatic rings. The van der Waals surface area contributed by atoms with Crippen molar-refractivity contribution in [2.24, 2.45) is 4.99 Å². The van der Waals surface area contributed by atoms with Gasteiger partial charge in [-0.2, -0.15) is 4.99 Å². The number of ether oxygens (including phenoxy) is 2. The van der Waals surface area contributed by atoms with E-state index in [-0.39, 0.29) is 9.93 Å². The highest BCUT2D eigenvalue weighted by molar-refractivity contribution is 7.92. The lowest BCUT2D eigenvalue weighted by molar-refractivity contribution is -0.115. The lowest BCUT2D eigenvalue weighted by Gasteiger charge is -2.05. The average molecular weight is 589 g/mol. The number of amides is 2. The third kappa shape index (κ3) is 7.23. The lowest BCUT2D eigenvalue weighted by Crippen LogP contribution is -2.28. The third-order valence-corrected chi connectivity index (χ3v) is 8.55. The van der Waals surface area contributed by atoms with E-state index in [0.29, 0.717) is 34.6 Å². The minimum atomic E-state index is -4.12. The Balaban J connectivity index is 1.48. The van der Waals surface area contributed by atoms with Crippen molar-refractivity contribution in [3.05, 3.63) is 64.3 Å². The number of esters is 1. The van der Waals surface area contributed by atoms with Crippen molar-refractivity contribution in [3.63, 3.8) is 0 Å². The van der Waals surface area contributed by atoms with E-state index in [9.17, 15) is 22.8 Å². The van der Waals surface area contributed by atoms with E-state index in [2.05, 4.69) is 15.3 Å². The highest BCUT2D eigenvalue weighted by atomic mass is 32.2. The summed E-state index contributed by atoms with van der Waals surface area (Å²) in [4.78, 5) is 45.5. The normalized spacial score (nSPS) is 12.0. The van der Waals surface area contributed by atoms with Crippen molar-refractivity contribution in [1.82, 2.24) is 9.55 Å². The van der Waals surface area contributed by atoms with Gasteiger partial charge in [-0.05, 0) is 18.2 Å². The first-order chi connectivity index (χ1) is 18.7. The fourth-order valence-corrected chi connectivity index (χ4v) is 6.47. The fourth-order valence-electron chi connectivity index (χ4n) is 3.61. The van der Waals surface area contributed by atoms with E-state index in [1.54, 1.807) is 28.1 Å². The number of anilines is 1. The minimum Gasteiger partial charge on any atom is -0.465 e. The van der Waals surface area contributed by atoms with Gasteiger partial charge in [0, 0.05) is 24.6 Å². The van der Waals surface area contributed by atoms with Crippen LogP contribution >= 0.6 is 22.7 Å². The van der Waals surface area contributed by atoms with Gasteiger partial charge in [0.25, 0.3) is 5.91 Å². The molecule has 4 rings (SSSR count). The number of benzene rings is 2. The molecule has 2 aromatic carbocycles. The number of fused-ring (bicyclic) bond motifs is 1. The molecule has 11 nitrogen and oxygen atoms in total. The second kappa shape index (κ2) is 12.4. The smallest absolute Gasteiger partial charge is 0.337 e. The molecule has 14 heteroatoms. The van der Waals surface area contributed by atoms with Crippen molar-refractivity contribution in [2.75, 3.05) is 37.6 Å². The van der Waals surface area contributed by atoms with Crippen molar-refractivity contribution in [3.8, 4) is 11.3 Å². The van der Waals surface area contributed by atoms with Crippen LogP contribution in [0.2, 0.25) is 0 Å². The summed E-state index contributed by atoms with van der Waals surface area (Å²) >= 11 is 2.28. The highest BCUT2D eigenvalue weighted by Crippen LogP contribution is 2.24. The van der Waals surface area contributed by atoms with Crippen LogP contribution in [0.15, 0.2) is 58.9 Å². The highest BCUT2D eigenvalue weighted by Gasteiger charge is 2.22. The van der Waals surface area contributed by atoms with E-state index in [1.165, 1.54) is 14.2 Å². The predicted molar refractivity (Wildman–Crippen MR) is 148 cm³/mol. The number of rotatable bonds is 10. The molecule has 0 bridgehead atoms. The first kappa shape index (κ1) is 28.3. The summed E-state index contributed by atoms with van der Waals surface area (Å²) in [6, 6.07) is 14.2. The van der Waals surface area contributed by atoms with Crippen LogP contribution in [0.1, 0.15) is 10.4 Å². The van der Waals surface area contributed by atoms with Crippen LogP contribution in [-0.4, -0.2) is 68.1 Å². The van der Waals surface area contributed by atoms with Crippen LogP contribution in [0.3, 0.4) is 0 Å². The molecule has 2 aromatic heterocycles. The van der Waals surface area contributed by atoms with Crippen molar-refractivity contribution < 1.29 is 32.3 Å². The summed E-state index contributed by atoms with van der Waals surface area (Å²) in [5, 5.41) is 4.47. The van der Waals surface area contributed by atoms with Crippen molar-refractivity contribution >= 4 is 65.6 Å². The summed E-state index contributed by atoms with van der Waals surface area (Å²) in [6.07, 6.45) is 0. The van der Waals surface area contributed by atoms with Crippen LogP contribution < -0.4 is 10.1 Å². The van der Waals surface area contributed by atoms with E-state index in [4.69, 9.17) is 9.47 Å². The maximum atomic E-state index is 12.7. The van der Waals surface area contributed by atoms with Crippen molar-refractivity contribution in [2.45, 2.75) is 6.54 Å². The van der Waals surface area contributed by atoms with E-state index >= 15 is 0 Å². The molecular formula is C25H24N4O7S3. The zero-order valence-corrected chi connectivity index (χ0v) is 23.4. The number of hydrogen-bond acceptors (Lipinski definition) is 10. The summed E-state index contributed by atoms with van der Waals surface area (Å²) in [7, 11) is -1.31. The number of carbonyl (C=O) groups is 3. The number of carbonyl (C=O) groups excluding carboxylic acids is 3. The van der Waals surface area contributed by atoms with Crippen LogP contribution in [0.4, 0.5) is 5.13 Å². The molecule has 4 aromatic rings. The van der Waals surface area contributed by atoms with Gasteiger partial charge in [0.05, 0.1) is 35.2 Å². The molecule has 0 atom stereocenters. The Kier molecular flexibility index (Phi) is 9.01. The number of nitrogens with zero attached hydrogens (tertiary/aromatic N) is 3. The Morgan fingerprint density at radius 2 is 1.85 bits per heavy atom. The largest absolute Gasteiger partial charge is 0.465 e. The maximum absolute atomic E-state index is 12.7. The van der Waals surface area contributed by atoms with Gasteiger partial charge in [0.1, 0.15) is 11.5 Å². The summed E-state index contributed by atoms with van der Waals surface area (Å²) < 4.78 is 37.5. The maximum Gasteiger partial charge on any atom is 0.337 e. The average Bonchev–Trinajstić information content (AvgIpc) is 3.50. The molecule has 0 fully saturated rings. The zero-order valence-electron chi connectivity index (χ0n) is 20.9. The van der Waals surface area contributed by atoms with Gasteiger partial charge in [-0.1, -0.05) is 41.7 Å². The molecule has 2 amide bonds. The zero-order chi connectivity index (χ0) is 28.0. The Bertz CT molecular complexity index is 1690. The fraction of sp³-hybridized carbons (Fsp3) is 0.240. The quantitative estimate of drug-likeness (QED) is 0.278. The number of nitrogens with one attached hydrogen (secondary N) is 1. The van der Waals surface area contributed by atoms with Gasteiger partial charge in [0.15, 0.2) is 19.8 Å². The molecule has 0 saturated carbocycles. The lowest BCUT2D eigenvalue weighted by atomic mass is 10.2. The standard InChI is InChI=1S/C25H24N4O7S3/c1-35-11-10-29-19-9-8-17(23(32)36-2)12-20(19)38-25(29)28-22(31)15-39(33,34)14-21(30)27-24-26-18(13-37-24)16-6-4-3-5-7-16/h3-9,12-13H,10-11,14-15H2,1-2H3,(H,26,27,30). The van der Waals surface area contributed by atoms with Crippen LogP contribution in [0, 0.1) is 0 Å². The van der Waals surface area contributed by atoms with Crippen LogP contribution in [0.5, 0.6) is 0 Å². The van der Waals surface area contributed by atoms with Crippen molar-refractivity contribution in [1.29, 1.82) is 0 Å². The van der Waals surface area contributed by atoms with Gasteiger partial charge >= 0.3 is 5.97 Å². The summed E-state index contributed by atoms with van der Waals surface area (Å²) in [5.41, 5.74) is 2.53. The van der Waals surface area contributed by atoms with Crippen LogP contribution in [0.25, 0.3) is 21.5 Å². The number of aromatic nitrogens is 2. The molecule has 2 heterocycles.